The molecule has 9 heteroatoms. The van der Waals surface area contributed by atoms with Crippen molar-refractivity contribution in [2.24, 2.45) is 4.40 Å². The van der Waals surface area contributed by atoms with Crippen molar-refractivity contribution >= 4 is 33.4 Å². The maximum Gasteiger partial charge on any atom is 0.338 e. The van der Waals surface area contributed by atoms with Crippen molar-refractivity contribution in [1.82, 2.24) is 5.32 Å². The van der Waals surface area contributed by atoms with Gasteiger partial charge in [0.15, 0.2) is 6.10 Å². The monoisotopic (exact) mass is 483 g/mol. The minimum absolute atomic E-state index is 0.0126. The van der Waals surface area contributed by atoms with E-state index in [1.165, 1.54) is 19.1 Å². The topological polar surface area (TPSA) is 105 Å². The van der Waals surface area contributed by atoms with Gasteiger partial charge in [-0.25, -0.2) is 4.79 Å². The van der Waals surface area contributed by atoms with E-state index >= 15 is 0 Å². The van der Waals surface area contributed by atoms with Crippen molar-refractivity contribution in [1.29, 1.82) is 0 Å². The first-order valence-electron chi connectivity index (χ1n) is 11.6. The number of esters is 1. The highest BCUT2D eigenvalue weighted by atomic mass is 32.2. The Morgan fingerprint density at radius 2 is 1.85 bits per heavy atom. The Hall–Kier alpha value is -3.20. The lowest BCUT2D eigenvalue weighted by atomic mass is 10.0. The van der Waals surface area contributed by atoms with E-state index in [0.717, 1.165) is 24.8 Å². The van der Waals surface area contributed by atoms with Crippen LogP contribution in [0.1, 0.15) is 61.4 Å². The van der Waals surface area contributed by atoms with Gasteiger partial charge in [0.25, 0.3) is 15.9 Å². The first-order valence-corrected chi connectivity index (χ1v) is 13.0. The Kier molecular flexibility index (Phi) is 7.02. The van der Waals surface area contributed by atoms with Crippen molar-refractivity contribution in [3.8, 4) is 0 Å². The Balaban J connectivity index is 1.42. The molecule has 1 N–H and O–H groups in total. The number of carbonyl (C=O) groups excluding carboxylic acids is 2. The molecule has 2 aromatic carbocycles. The Bertz CT molecular complexity index is 1210. The molecule has 1 saturated heterocycles. The molecular weight excluding hydrogens is 454 g/mol. The molecule has 0 aromatic heterocycles. The summed E-state index contributed by atoms with van der Waals surface area (Å²) in [6.45, 7) is 4.57. The Morgan fingerprint density at radius 3 is 2.62 bits per heavy atom. The van der Waals surface area contributed by atoms with Gasteiger partial charge in [0, 0.05) is 19.5 Å². The van der Waals surface area contributed by atoms with Crippen LogP contribution in [-0.2, 0) is 19.6 Å². The van der Waals surface area contributed by atoms with Crippen LogP contribution in [-0.4, -0.2) is 45.3 Å². The number of nitrogens with zero attached hydrogens (tertiary/aromatic N) is 2. The third kappa shape index (κ3) is 5.14. The van der Waals surface area contributed by atoms with Crippen LogP contribution in [0.5, 0.6) is 0 Å². The molecule has 0 aliphatic carbocycles. The van der Waals surface area contributed by atoms with Crippen LogP contribution in [0.25, 0.3) is 0 Å². The smallest absolute Gasteiger partial charge is 0.338 e. The molecule has 2 aromatic rings. The third-order valence-electron chi connectivity index (χ3n) is 6.19. The van der Waals surface area contributed by atoms with Crippen LogP contribution in [0.15, 0.2) is 57.8 Å². The van der Waals surface area contributed by atoms with E-state index in [9.17, 15) is 18.0 Å². The number of amidine groups is 1. The van der Waals surface area contributed by atoms with Crippen molar-refractivity contribution in [3.63, 3.8) is 0 Å². The van der Waals surface area contributed by atoms with E-state index in [1.54, 1.807) is 6.07 Å². The maximum absolute atomic E-state index is 12.8. The Morgan fingerprint density at radius 1 is 1.09 bits per heavy atom. The van der Waals surface area contributed by atoms with Crippen molar-refractivity contribution in [3.05, 3.63) is 59.7 Å². The lowest BCUT2D eigenvalue weighted by Gasteiger charge is -2.29. The number of anilines is 1. The van der Waals surface area contributed by atoms with Gasteiger partial charge in [-0.1, -0.05) is 43.7 Å². The van der Waals surface area contributed by atoms with Gasteiger partial charge in [0.05, 0.1) is 11.3 Å². The lowest BCUT2D eigenvalue weighted by molar-refractivity contribution is -0.129. The van der Waals surface area contributed by atoms with E-state index < -0.39 is 28.0 Å². The van der Waals surface area contributed by atoms with Crippen molar-refractivity contribution < 1.29 is 22.7 Å². The molecule has 1 fully saturated rings. The summed E-state index contributed by atoms with van der Waals surface area (Å²) in [6, 6.07) is 14.2. The van der Waals surface area contributed by atoms with Crippen LogP contribution in [0, 0.1) is 0 Å². The fourth-order valence-electron chi connectivity index (χ4n) is 4.19. The minimum Gasteiger partial charge on any atom is -0.449 e. The lowest BCUT2D eigenvalue weighted by Crippen LogP contribution is -2.37. The molecule has 2 aliphatic rings. The molecule has 0 saturated carbocycles. The van der Waals surface area contributed by atoms with Gasteiger partial charge >= 0.3 is 5.97 Å². The summed E-state index contributed by atoms with van der Waals surface area (Å²) in [4.78, 5) is 27.1. The van der Waals surface area contributed by atoms with E-state index in [2.05, 4.69) is 9.71 Å². The average Bonchev–Trinajstić information content (AvgIpc) is 3.07. The summed E-state index contributed by atoms with van der Waals surface area (Å²) >= 11 is 0. The third-order valence-corrected chi connectivity index (χ3v) is 7.52. The first kappa shape index (κ1) is 23.9. The van der Waals surface area contributed by atoms with Crippen LogP contribution in [0.2, 0.25) is 0 Å². The normalized spacial score (nSPS) is 18.4. The molecule has 8 nitrogen and oxygen atoms in total. The molecule has 0 spiro atoms. The number of rotatable bonds is 6. The maximum atomic E-state index is 12.8. The second kappa shape index (κ2) is 9.97. The largest absolute Gasteiger partial charge is 0.449 e. The predicted molar refractivity (Wildman–Crippen MR) is 130 cm³/mol. The highest BCUT2D eigenvalue weighted by molar-refractivity contribution is 7.90. The number of benzene rings is 2. The number of fused-ring (bicyclic) bond motifs is 3. The molecule has 2 unspecified atom stereocenters. The molecular formula is C25H29N3O5S. The number of ether oxygens (including phenoxy) is 1. The molecule has 2 heterocycles. The van der Waals surface area contributed by atoms with Gasteiger partial charge in [-0.2, -0.15) is 8.42 Å². The quantitative estimate of drug-likeness (QED) is 0.629. The molecule has 180 valence electrons. The van der Waals surface area contributed by atoms with E-state index in [-0.39, 0.29) is 16.4 Å². The standard InChI is InChI=1S/C25H29N3O5S/c1-17(19-9-5-3-6-10-19)16-26-24(29)18(2)33-25(30)20-12-13-21-22(15-20)34(31,32)27-23-11-7-4-8-14-28(21)23/h3,5-6,9-10,12-13,15,17-18H,4,7-8,11,14,16H2,1-2H3,(H,26,29). The van der Waals surface area contributed by atoms with Gasteiger partial charge in [-0.05, 0) is 49.4 Å². The van der Waals surface area contributed by atoms with E-state index in [1.807, 2.05) is 42.2 Å². The van der Waals surface area contributed by atoms with Crippen LogP contribution in [0.3, 0.4) is 0 Å². The fraction of sp³-hybridized carbons (Fsp3) is 0.400. The van der Waals surface area contributed by atoms with Gasteiger partial charge < -0.3 is 15.0 Å². The van der Waals surface area contributed by atoms with Crippen molar-refractivity contribution in [2.45, 2.75) is 56.4 Å². The molecule has 1 amide bonds. The zero-order chi connectivity index (χ0) is 24.3. The average molecular weight is 484 g/mol. The molecule has 2 aliphatic heterocycles. The SMILES string of the molecule is CC(OC(=O)c1ccc2c(c1)S(=O)(=O)N=C1CCCCCN12)C(=O)NCC(C)c1ccccc1. The van der Waals surface area contributed by atoms with Gasteiger partial charge in [0.1, 0.15) is 10.7 Å². The number of nitrogens with one attached hydrogen (secondary N) is 1. The number of amides is 1. The highest BCUT2D eigenvalue weighted by Gasteiger charge is 2.32. The second-order valence-corrected chi connectivity index (χ2v) is 10.3. The summed E-state index contributed by atoms with van der Waals surface area (Å²) in [5.74, 6) is -0.526. The van der Waals surface area contributed by atoms with Gasteiger partial charge in [-0.3, -0.25) is 4.79 Å². The van der Waals surface area contributed by atoms with Gasteiger partial charge in [-0.15, -0.1) is 4.40 Å². The number of hydrogen-bond donors (Lipinski definition) is 1. The van der Waals surface area contributed by atoms with E-state index in [4.69, 9.17) is 4.74 Å². The zero-order valence-electron chi connectivity index (χ0n) is 19.4. The molecule has 0 bridgehead atoms. The summed E-state index contributed by atoms with van der Waals surface area (Å²) in [7, 11) is -3.91. The predicted octanol–water partition coefficient (Wildman–Crippen LogP) is 3.63. The number of carbonyl (C=O) groups is 2. The Labute approximate surface area is 200 Å². The second-order valence-electron chi connectivity index (χ2n) is 8.73. The van der Waals surface area contributed by atoms with Crippen LogP contribution in [0.4, 0.5) is 5.69 Å². The summed E-state index contributed by atoms with van der Waals surface area (Å²) in [5, 5.41) is 2.80. The van der Waals surface area contributed by atoms with Gasteiger partial charge in [0.2, 0.25) is 0 Å². The molecule has 34 heavy (non-hydrogen) atoms. The summed E-state index contributed by atoms with van der Waals surface area (Å²) < 4.78 is 34.9. The zero-order valence-corrected chi connectivity index (χ0v) is 20.2. The number of hydrogen-bond acceptors (Lipinski definition) is 6. The van der Waals surface area contributed by atoms with Crippen LogP contribution >= 0.6 is 0 Å². The summed E-state index contributed by atoms with van der Waals surface area (Å²) in [5.41, 5.74) is 1.69. The number of sulfonamides is 1. The fourth-order valence-corrected chi connectivity index (χ4v) is 5.47. The van der Waals surface area contributed by atoms with Crippen molar-refractivity contribution in [2.75, 3.05) is 18.0 Å². The van der Waals surface area contributed by atoms with E-state index in [0.29, 0.717) is 31.0 Å². The summed E-state index contributed by atoms with van der Waals surface area (Å²) in [6.07, 6.45) is 2.43. The molecule has 4 rings (SSSR count). The molecule has 0 radical (unpaired) electrons. The highest BCUT2D eigenvalue weighted by Crippen LogP contribution is 2.35. The van der Waals surface area contributed by atoms with Crippen LogP contribution < -0.4 is 10.2 Å². The first-order chi connectivity index (χ1) is 16.3. The minimum atomic E-state index is -3.91. The molecule has 2 atom stereocenters.